The van der Waals surface area contributed by atoms with Crippen molar-refractivity contribution in [2.45, 2.75) is 17.6 Å². The van der Waals surface area contributed by atoms with Gasteiger partial charge in [0, 0.05) is 13.0 Å². The quantitative estimate of drug-likeness (QED) is 0.848. The van der Waals surface area contributed by atoms with Crippen LogP contribution in [0.3, 0.4) is 0 Å². The molecule has 0 saturated carbocycles. The van der Waals surface area contributed by atoms with Gasteiger partial charge in [-0.3, -0.25) is 0 Å². The first-order valence-electron chi connectivity index (χ1n) is 5.76. The van der Waals surface area contributed by atoms with Crippen LogP contribution in [0.1, 0.15) is 21.0 Å². The number of aryl methyl sites for hydroxylation is 1. The normalized spacial score (nSPS) is 11.7. The lowest BCUT2D eigenvalue weighted by Gasteiger charge is -2.02. The summed E-state index contributed by atoms with van der Waals surface area (Å²) in [4.78, 5) is 11.0. The molecule has 0 bridgehead atoms. The van der Waals surface area contributed by atoms with Gasteiger partial charge in [-0.15, -0.1) is 11.3 Å². The Kier molecular flexibility index (Phi) is 4.26. The van der Waals surface area contributed by atoms with E-state index in [0.717, 1.165) is 11.3 Å². The molecule has 20 heavy (non-hydrogen) atoms. The monoisotopic (exact) mass is 315 g/mol. The van der Waals surface area contributed by atoms with Crippen molar-refractivity contribution in [2.75, 3.05) is 6.54 Å². The average Bonchev–Trinajstić information content (AvgIpc) is 2.98. The van der Waals surface area contributed by atoms with Crippen LogP contribution in [0.25, 0.3) is 0 Å². The molecule has 0 saturated heterocycles. The van der Waals surface area contributed by atoms with Crippen LogP contribution in [-0.4, -0.2) is 26.0 Å². The summed E-state index contributed by atoms with van der Waals surface area (Å²) in [6.45, 7) is 1.76. The Morgan fingerprint density at radius 2 is 2.25 bits per heavy atom. The summed E-state index contributed by atoms with van der Waals surface area (Å²) in [6.07, 6.45) is 1.95. The molecule has 0 aliphatic rings. The van der Waals surface area contributed by atoms with E-state index in [1.807, 2.05) is 0 Å². The molecule has 0 spiro atoms. The fraction of sp³-hybridized carbons (Fsp3) is 0.250. The molecule has 2 aromatic heterocycles. The lowest BCUT2D eigenvalue weighted by Crippen LogP contribution is -2.25. The number of carboxylic acids is 1. The number of sulfonamides is 1. The number of hydrogen-bond acceptors (Lipinski definition) is 5. The van der Waals surface area contributed by atoms with Crippen LogP contribution in [0.15, 0.2) is 33.1 Å². The zero-order valence-electron chi connectivity index (χ0n) is 10.6. The third kappa shape index (κ3) is 3.27. The minimum Gasteiger partial charge on any atom is -0.477 e. The molecule has 0 fully saturated rings. The molecule has 0 aliphatic heterocycles. The summed E-state index contributed by atoms with van der Waals surface area (Å²) < 4.78 is 31.6. The molecule has 2 aromatic rings. The highest BCUT2D eigenvalue weighted by molar-refractivity contribution is 7.91. The first-order chi connectivity index (χ1) is 9.40. The van der Waals surface area contributed by atoms with E-state index in [4.69, 9.17) is 9.52 Å². The van der Waals surface area contributed by atoms with Crippen LogP contribution in [-0.2, 0) is 16.4 Å². The van der Waals surface area contributed by atoms with Crippen LogP contribution in [0, 0.1) is 6.92 Å². The maximum atomic E-state index is 12.0. The zero-order valence-corrected chi connectivity index (χ0v) is 12.3. The van der Waals surface area contributed by atoms with E-state index in [-0.39, 0.29) is 15.6 Å². The van der Waals surface area contributed by atoms with Crippen molar-refractivity contribution in [2.24, 2.45) is 0 Å². The smallest absolute Gasteiger partial charge is 0.346 e. The SMILES string of the molecule is Cc1cc(S(=O)(=O)NCCc2ccco2)sc1C(=O)O. The van der Waals surface area contributed by atoms with Gasteiger partial charge in [-0.05, 0) is 30.7 Å². The highest BCUT2D eigenvalue weighted by Gasteiger charge is 2.21. The van der Waals surface area contributed by atoms with Gasteiger partial charge >= 0.3 is 5.97 Å². The zero-order chi connectivity index (χ0) is 14.8. The lowest BCUT2D eigenvalue weighted by molar-refractivity contribution is 0.0701. The summed E-state index contributed by atoms with van der Waals surface area (Å²) in [5.41, 5.74) is 0.439. The minimum atomic E-state index is -3.69. The average molecular weight is 315 g/mol. The molecule has 8 heteroatoms. The molecule has 0 amide bonds. The number of nitrogens with one attached hydrogen (secondary N) is 1. The Morgan fingerprint density at radius 1 is 1.50 bits per heavy atom. The van der Waals surface area contributed by atoms with Crippen molar-refractivity contribution in [3.63, 3.8) is 0 Å². The van der Waals surface area contributed by atoms with E-state index in [2.05, 4.69) is 4.72 Å². The van der Waals surface area contributed by atoms with Crippen molar-refractivity contribution in [3.05, 3.63) is 40.7 Å². The molecule has 0 radical (unpaired) electrons. The van der Waals surface area contributed by atoms with Crippen LogP contribution < -0.4 is 4.72 Å². The van der Waals surface area contributed by atoms with E-state index in [1.165, 1.54) is 12.3 Å². The standard InChI is InChI=1S/C12H13NO5S2/c1-8-7-10(19-11(8)12(14)15)20(16,17)13-5-4-9-3-2-6-18-9/h2-3,6-7,13H,4-5H2,1H3,(H,14,15). The summed E-state index contributed by atoms with van der Waals surface area (Å²) in [6, 6.07) is 4.85. The summed E-state index contributed by atoms with van der Waals surface area (Å²) >= 11 is 0.749. The molecular weight excluding hydrogens is 302 g/mol. The molecule has 0 aromatic carbocycles. The van der Waals surface area contributed by atoms with Gasteiger partial charge in [-0.2, -0.15) is 0 Å². The predicted molar refractivity (Wildman–Crippen MR) is 73.6 cm³/mol. The molecule has 2 rings (SSSR count). The van der Waals surface area contributed by atoms with Crippen molar-refractivity contribution < 1.29 is 22.7 Å². The lowest BCUT2D eigenvalue weighted by atomic mass is 10.3. The second-order valence-corrected chi connectivity index (χ2v) is 7.16. The van der Waals surface area contributed by atoms with E-state index in [0.29, 0.717) is 17.7 Å². The van der Waals surface area contributed by atoms with Crippen molar-refractivity contribution in [3.8, 4) is 0 Å². The fourth-order valence-corrected chi connectivity index (χ4v) is 4.09. The molecule has 0 unspecified atom stereocenters. The predicted octanol–water partition coefficient (Wildman–Crippen LogP) is 1.87. The Morgan fingerprint density at radius 3 is 2.80 bits per heavy atom. The number of rotatable bonds is 6. The highest BCUT2D eigenvalue weighted by atomic mass is 32.2. The molecule has 6 nitrogen and oxygen atoms in total. The Hall–Kier alpha value is -1.64. The van der Waals surface area contributed by atoms with Crippen LogP contribution in [0.2, 0.25) is 0 Å². The molecule has 2 heterocycles. The first kappa shape index (κ1) is 14.8. The molecule has 0 atom stereocenters. The maximum Gasteiger partial charge on any atom is 0.346 e. The maximum absolute atomic E-state index is 12.0. The van der Waals surface area contributed by atoms with E-state index in [1.54, 1.807) is 19.1 Å². The van der Waals surface area contributed by atoms with Crippen molar-refractivity contribution in [1.82, 2.24) is 4.72 Å². The van der Waals surface area contributed by atoms with Crippen LogP contribution in [0.4, 0.5) is 0 Å². The topological polar surface area (TPSA) is 96.6 Å². The first-order valence-corrected chi connectivity index (χ1v) is 8.06. The van der Waals surface area contributed by atoms with Gasteiger partial charge in [0.2, 0.25) is 10.0 Å². The van der Waals surface area contributed by atoms with Gasteiger partial charge in [-0.25, -0.2) is 17.9 Å². The fourth-order valence-electron chi connectivity index (χ4n) is 1.63. The van der Waals surface area contributed by atoms with E-state index < -0.39 is 16.0 Å². The number of thiophene rings is 1. The van der Waals surface area contributed by atoms with Crippen molar-refractivity contribution >= 4 is 27.3 Å². The van der Waals surface area contributed by atoms with Gasteiger partial charge in [0.1, 0.15) is 14.8 Å². The van der Waals surface area contributed by atoms with Gasteiger partial charge in [0.25, 0.3) is 0 Å². The van der Waals surface area contributed by atoms with Gasteiger partial charge in [0.05, 0.1) is 6.26 Å². The number of carboxylic acid groups (broad SMARTS) is 1. The van der Waals surface area contributed by atoms with Gasteiger partial charge in [-0.1, -0.05) is 0 Å². The second kappa shape index (κ2) is 5.78. The highest BCUT2D eigenvalue weighted by Crippen LogP contribution is 2.25. The van der Waals surface area contributed by atoms with E-state index in [9.17, 15) is 13.2 Å². The Balaban J connectivity index is 2.06. The largest absolute Gasteiger partial charge is 0.477 e. The van der Waals surface area contributed by atoms with E-state index >= 15 is 0 Å². The summed E-state index contributed by atoms with van der Waals surface area (Å²) in [7, 11) is -3.69. The third-order valence-corrected chi connectivity index (χ3v) is 5.76. The summed E-state index contributed by atoms with van der Waals surface area (Å²) in [5.74, 6) is -0.439. The second-order valence-electron chi connectivity index (χ2n) is 4.11. The van der Waals surface area contributed by atoms with Crippen LogP contribution >= 0.6 is 11.3 Å². The molecule has 2 N–H and O–H groups in total. The number of hydrogen-bond donors (Lipinski definition) is 2. The number of aromatic carboxylic acids is 1. The summed E-state index contributed by atoms with van der Waals surface area (Å²) in [5, 5.41) is 8.93. The molecular formula is C12H13NO5S2. The molecule has 0 aliphatic carbocycles. The van der Waals surface area contributed by atoms with Crippen molar-refractivity contribution in [1.29, 1.82) is 0 Å². The Bertz CT molecular complexity index is 700. The van der Waals surface area contributed by atoms with Gasteiger partial charge < -0.3 is 9.52 Å². The third-order valence-electron chi connectivity index (χ3n) is 2.60. The number of furan rings is 1. The number of carbonyl (C=O) groups is 1. The molecule has 108 valence electrons. The minimum absolute atomic E-state index is 0.00634. The Labute approximate surface area is 120 Å². The van der Waals surface area contributed by atoms with Gasteiger partial charge in [0.15, 0.2) is 0 Å². The van der Waals surface area contributed by atoms with Crippen LogP contribution in [0.5, 0.6) is 0 Å².